The van der Waals surface area contributed by atoms with Gasteiger partial charge in [-0.3, -0.25) is 35.0 Å². The number of nitrogens with zero attached hydrogens (tertiary/aromatic N) is 4. The van der Waals surface area contributed by atoms with Crippen molar-refractivity contribution >= 4 is 17.6 Å². The normalized spacial score (nSPS) is 20.1. The monoisotopic (exact) mass is 293 g/mol. The van der Waals surface area contributed by atoms with Crippen molar-refractivity contribution in [3.63, 3.8) is 0 Å². The van der Waals surface area contributed by atoms with E-state index in [2.05, 4.69) is 6.58 Å². The van der Waals surface area contributed by atoms with Crippen LogP contribution in [-0.4, -0.2) is 64.9 Å². The second kappa shape index (κ2) is 6.15. The fourth-order valence-corrected chi connectivity index (χ4v) is 2.67. The molecule has 2 heterocycles. The van der Waals surface area contributed by atoms with Crippen LogP contribution in [0.15, 0.2) is 12.3 Å². The molecule has 0 aromatic carbocycles. The molecule has 2 rings (SSSR count). The van der Waals surface area contributed by atoms with Gasteiger partial charge in [0.25, 0.3) is 11.8 Å². The lowest BCUT2D eigenvalue weighted by Gasteiger charge is -2.40. The van der Waals surface area contributed by atoms with E-state index in [-0.39, 0.29) is 18.2 Å². The minimum absolute atomic E-state index is 0.171. The molecular formula is C14H23N5O2. The number of hydrazine groups is 2. The summed E-state index contributed by atoms with van der Waals surface area (Å²) in [5.41, 5.74) is 0.888. The second-order valence-corrected chi connectivity index (χ2v) is 5.48. The van der Waals surface area contributed by atoms with Crippen molar-refractivity contribution in [1.29, 1.82) is 5.41 Å². The van der Waals surface area contributed by atoms with Crippen molar-refractivity contribution in [3.05, 3.63) is 12.3 Å². The van der Waals surface area contributed by atoms with E-state index in [4.69, 9.17) is 5.41 Å². The summed E-state index contributed by atoms with van der Waals surface area (Å²) >= 11 is 0. The molecule has 116 valence electrons. The highest BCUT2D eigenvalue weighted by molar-refractivity contribution is 5.97. The molecule has 0 unspecified atom stereocenters. The Morgan fingerprint density at radius 3 is 2.19 bits per heavy atom. The molecule has 0 aromatic rings. The van der Waals surface area contributed by atoms with E-state index >= 15 is 0 Å². The second-order valence-electron chi connectivity index (χ2n) is 5.48. The van der Waals surface area contributed by atoms with Crippen molar-refractivity contribution in [2.75, 3.05) is 27.2 Å². The number of hydrogen-bond acceptors (Lipinski definition) is 4. The van der Waals surface area contributed by atoms with Crippen LogP contribution in [0.1, 0.15) is 32.1 Å². The average Bonchev–Trinajstić information content (AvgIpc) is 2.44. The number of hydrogen-bond donors (Lipinski definition) is 1. The zero-order valence-corrected chi connectivity index (χ0v) is 12.8. The third-order valence-electron chi connectivity index (χ3n) is 4.07. The zero-order valence-electron chi connectivity index (χ0n) is 12.8. The summed E-state index contributed by atoms with van der Waals surface area (Å²) in [6.07, 6.45) is 3.01. The molecule has 2 saturated heterocycles. The summed E-state index contributed by atoms with van der Waals surface area (Å²) in [5, 5.41) is 14.1. The number of amides is 2. The van der Waals surface area contributed by atoms with E-state index in [9.17, 15) is 9.59 Å². The van der Waals surface area contributed by atoms with Crippen LogP contribution < -0.4 is 0 Å². The number of allylic oxidation sites excluding steroid dienone is 1. The SMILES string of the molecule is C=C1CCCN(C(=O)CC(=O)N2CCCC(=N)N2C)N1C. The minimum Gasteiger partial charge on any atom is -0.291 e. The van der Waals surface area contributed by atoms with Gasteiger partial charge in [-0.2, -0.15) is 0 Å². The van der Waals surface area contributed by atoms with Gasteiger partial charge in [-0.1, -0.05) is 6.58 Å². The van der Waals surface area contributed by atoms with Gasteiger partial charge in [-0.25, -0.2) is 0 Å². The highest BCUT2D eigenvalue weighted by Gasteiger charge is 2.30. The molecular weight excluding hydrogens is 270 g/mol. The molecule has 0 atom stereocenters. The van der Waals surface area contributed by atoms with Crippen molar-refractivity contribution in [2.45, 2.75) is 32.1 Å². The van der Waals surface area contributed by atoms with Gasteiger partial charge in [-0.05, 0) is 19.3 Å². The molecule has 0 saturated carbocycles. The molecule has 2 fully saturated rings. The molecule has 0 bridgehead atoms. The first-order valence-electron chi connectivity index (χ1n) is 7.25. The van der Waals surface area contributed by atoms with Gasteiger partial charge in [0.2, 0.25) is 0 Å². The number of amidine groups is 1. The zero-order chi connectivity index (χ0) is 15.6. The molecule has 2 aliphatic heterocycles. The number of rotatable bonds is 2. The Bertz CT molecular complexity index is 434. The summed E-state index contributed by atoms with van der Waals surface area (Å²) in [6, 6.07) is 0. The Morgan fingerprint density at radius 2 is 1.57 bits per heavy atom. The quantitative estimate of drug-likeness (QED) is 0.765. The smallest absolute Gasteiger partial charge is 0.250 e. The van der Waals surface area contributed by atoms with Crippen molar-refractivity contribution < 1.29 is 9.59 Å². The van der Waals surface area contributed by atoms with Crippen LogP contribution in [0, 0.1) is 5.41 Å². The van der Waals surface area contributed by atoms with Crippen LogP contribution >= 0.6 is 0 Å². The first-order valence-corrected chi connectivity index (χ1v) is 7.25. The third-order valence-corrected chi connectivity index (χ3v) is 4.07. The maximum Gasteiger partial charge on any atom is 0.250 e. The van der Waals surface area contributed by atoms with Gasteiger partial charge >= 0.3 is 0 Å². The standard InChI is InChI=1S/C14H23N5O2/c1-11-6-4-8-18(16(11)2)13(20)10-14(21)19-9-5-7-12(15)17(19)3/h15H,1,4-10H2,2-3H3. The molecule has 7 nitrogen and oxygen atoms in total. The predicted molar refractivity (Wildman–Crippen MR) is 78.9 cm³/mol. The van der Waals surface area contributed by atoms with E-state index in [1.165, 1.54) is 10.0 Å². The molecule has 1 N–H and O–H groups in total. The van der Waals surface area contributed by atoms with Gasteiger partial charge in [-0.15, -0.1) is 0 Å². The molecule has 0 radical (unpaired) electrons. The number of nitrogens with one attached hydrogen (secondary N) is 1. The Balaban J connectivity index is 1.97. The molecule has 0 aromatic heterocycles. The lowest BCUT2D eigenvalue weighted by molar-refractivity contribution is -0.155. The maximum atomic E-state index is 12.3. The van der Waals surface area contributed by atoms with Crippen LogP contribution in [0.2, 0.25) is 0 Å². The van der Waals surface area contributed by atoms with Crippen molar-refractivity contribution in [1.82, 2.24) is 20.0 Å². The van der Waals surface area contributed by atoms with Crippen LogP contribution in [0.5, 0.6) is 0 Å². The highest BCUT2D eigenvalue weighted by Crippen LogP contribution is 2.19. The van der Waals surface area contributed by atoms with Crippen molar-refractivity contribution in [2.24, 2.45) is 0 Å². The van der Waals surface area contributed by atoms with Gasteiger partial charge in [0.05, 0.1) is 0 Å². The Morgan fingerprint density at radius 1 is 1.05 bits per heavy atom. The Hall–Kier alpha value is -2.05. The average molecular weight is 293 g/mol. The van der Waals surface area contributed by atoms with Crippen LogP contribution in [0.3, 0.4) is 0 Å². The van der Waals surface area contributed by atoms with Crippen LogP contribution in [0.25, 0.3) is 0 Å². The predicted octanol–water partition coefficient (Wildman–Crippen LogP) is 0.806. The first kappa shape index (κ1) is 15.3. The van der Waals surface area contributed by atoms with E-state index < -0.39 is 0 Å². The van der Waals surface area contributed by atoms with E-state index in [0.717, 1.165) is 25.0 Å². The molecule has 0 spiro atoms. The first-order chi connectivity index (χ1) is 9.91. The van der Waals surface area contributed by atoms with Gasteiger partial charge in [0.15, 0.2) is 0 Å². The molecule has 2 aliphatic rings. The lowest BCUT2D eigenvalue weighted by atomic mass is 10.2. The summed E-state index contributed by atoms with van der Waals surface area (Å²) in [6.45, 7) is 5.10. The van der Waals surface area contributed by atoms with Gasteiger partial charge in [0, 0.05) is 39.3 Å². The van der Waals surface area contributed by atoms with Crippen molar-refractivity contribution in [3.8, 4) is 0 Å². The highest BCUT2D eigenvalue weighted by atomic mass is 16.2. The van der Waals surface area contributed by atoms with E-state index in [0.29, 0.717) is 25.3 Å². The number of carbonyl (C=O) groups is 2. The molecule has 21 heavy (non-hydrogen) atoms. The van der Waals surface area contributed by atoms with Crippen LogP contribution in [0.4, 0.5) is 0 Å². The van der Waals surface area contributed by atoms with Crippen LogP contribution in [-0.2, 0) is 9.59 Å². The summed E-state index contributed by atoms with van der Waals surface area (Å²) in [4.78, 5) is 24.6. The Kier molecular flexibility index (Phi) is 4.50. The minimum atomic E-state index is -0.253. The Labute approximate surface area is 125 Å². The summed E-state index contributed by atoms with van der Waals surface area (Å²) in [7, 11) is 3.49. The maximum absolute atomic E-state index is 12.3. The molecule has 2 amide bonds. The largest absolute Gasteiger partial charge is 0.291 e. The third kappa shape index (κ3) is 3.17. The molecule has 7 heteroatoms. The topological polar surface area (TPSA) is 70.9 Å². The van der Waals surface area contributed by atoms with E-state index in [1.54, 1.807) is 24.1 Å². The lowest BCUT2D eigenvalue weighted by Crippen LogP contribution is -2.53. The van der Waals surface area contributed by atoms with Gasteiger partial charge < -0.3 is 0 Å². The molecule has 0 aliphatic carbocycles. The van der Waals surface area contributed by atoms with E-state index in [1.807, 2.05) is 0 Å². The fraction of sp³-hybridized carbons (Fsp3) is 0.643. The number of carbonyl (C=O) groups excluding carboxylic acids is 2. The summed E-state index contributed by atoms with van der Waals surface area (Å²) < 4.78 is 0. The fourth-order valence-electron chi connectivity index (χ4n) is 2.67. The summed E-state index contributed by atoms with van der Waals surface area (Å²) in [5.74, 6) is -0.0593. The van der Waals surface area contributed by atoms with Gasteiger partial charge in [0.1, 0.15) is 12.3 Å².